The molecule has 1 aromatic carbocycles. The zero-order valence-electron chi connectivity index (χ0n) is 16.6. The quantitative estimate of drug-likeness (QED) is 0.748. The number of aryl methyl sites for hydroxylation is 1. The number of esters is 1. The van der Waals surface area contributed by atoms with Gasteiger partial charge in [0.05, 0.1) is 12.5 Å². The fourth-order valence-corrected chi connectivity index (χ4v) is 3.27. The fourth-order valence-electron chi connectivity index (χ4n) is 3.27. The van der Waals surface area contributed by atoms with Crippen molar-refractivity contribution < 1.29 is 23.6 Å². The second-order valence-electron chi connectivity index (χ2n) is 7.02. The number of nitrogens with zero attached hydrogens (tertiary/aromatic N) is 2. The van der Waals surface area contributed by atoms with E-state index in [2.05, 4.69) is 10.5 Å². The minimum atomic E-state index is -0.313. The highest BCUT2D eigenvalue weighted by Gasteiger charge is 2.28. The van der Waals surface area contributed by atoms with Gasteiger partial charge < -0.3 is 19.5 Å². The van der Waals surface area contributed by atoms with Gasteiger partial charge in [0.25, 0.3) is 11.8 Å². The Bertz CT molecular complexity index is 867. The van der Waals surface area contributed by atoms with E-state index < -0.39 is 0 Å². The standard InChI is InChI=1S/C21H25N3O5/c1-3-28-21(27)17-8-10-24(11-9-17)20(26)16-6-4-15(5-7-16)13-22-19(25)18-12-14(2)29-23-18/h4-7,12,17H,3,8-11,13H2,1-2H3,(H,22,25). The number of nitrogens with one attached hydrogen (secondary N) is 1. The van der Waals surface area contributed by atoms with Crippen LogP contribution in [0.1, 0.15) is 51.9 Å². The Morgan fingerprint density at radius 1 is 1.21 bits per heavy atom. The van der Waals surface area contributed by atoms with Crippen LogP contribution in [0.4, 0.5) is 0 Å². The van der Waals surface area contributed by atoms with Crippen LogP contribution >= 0.6 is 0 Å². The van der Waals surface area contributed by atoms with Crippen molar-refractivity contribution in [3.05, 3.63) is 52.9 Å². The lowest BCUT2D eigenvalue weighted by Gasteiger charge is -2.31. The van der Waals surface area contributed by atoms with Crippen LogP contribution in [0.2, 0.25) is 0 Å². The van der Waals surface area contributed by atoms with Gasteiger partial charge in [-0.3, -0.25) is 14.4 Å². The Kier molecular flexibility index (Phi) is 6.64. The van der Waals surface area contributed by atoms with E-state index in [1.165, 1.54) is 0 Å². The first-order chi connectivity index (χ1) is 14.0. The molecule has 0 unspecified atom stereocenters. The molecule has 29 heavy (non-hydrogen) atoms. The monoisotopic (exact) mass is 399 g/mol. The minimum absolute atomic E-state index is 0.0547. The summed E-state index contributed by atoms with van der Waals surface area (Å²) in [5.74, 6) is -0.0954. The van der Waals surface area contributed by atoms with Gasteiger partial charge in [0, 0.05) is 31.3 Å². The van der Waals surface area contributed by atoms with Crippen LogP contribution in [0, 0.1) is 12.8 Å². The highest BCUT2D eigenvalue weighted by molar-refractivity contribution is 5.94. The first-order valence-corrected chi connectivity index (χ1v) is 9.74. The van der Waals surface area contributed by atoms with E-state index in [0.717, 1.165) is 5.56 Å². The molecule has 2 heterocycles. The molecule has 8 heteroatoms. The van der Waals surface area contributed by atoms with E-state index in [1.807, 2.05) is 12.1 Å². The largest absolute Gasteiger partial charge is 0.466 e. The highest BCUT2D eigenvalue weighted by atomic mass is 16.5. The van der Waals surface area contributed by atoms with Gasteiger partial charge in [-0.15, -0.1) is 0 Å². The summed E-state index contributed by atoms with van der Waals surface area (Å²) in [6, 6.07) is 8.70. The van der Waals surface area contributed by atoms with E-state index in [9.17, 15) is 14.4 Å². The van der Waals surface area contributed by atoms with Crippen molar-refractivity contribution in [3.8, 4) is 0 Å². The summed E-state index contributed by atoms with van der Waals surface area (Å²) >= 11 is 0. The van der Waals surface area contributed by atoms with Crippen LogP contribution in [0.5, 0.6) is 0 Å². The highest BCUT2D eigenvalue weighted by Crippen LogP contribution is 2.20. The maximum Gasteiger partial charge on any atom is 0.309 e. The van der Waals surface area contributed by atoms with Gasteiger partial charge in [-0.2, -0.15) is 0 Å². The number of aromatic nitrogens is 1. The van der Waals surface area contributed by atoms with Crippen LogP contribution < -0.4 is 5.32 Å². The molecule has 1 aliphatic rings. The molecule has 1 saturated heterocycles. The van der Waals surface area contributed by atoms with Crippen molar-refractivity contribution in [3.63, 3.8) is 0 Å². The van der Waals surface area contributed by atoms with Crippen LogP contribution in [-0.4, -0.2) is 47.5 Å². The molecule has 154 valence electrons. The minimum Gasteiger partial charge on any atom is -0.466 e. The van der Waals surface area contributed by atoms with Crippen molar-refractivity contribution in [2.24, 2.45) is 5.92 Å². The molecule has 1 N–H and O–H groups in total. The molecule has 1 aromatic heterocycles. The third kappa shape index (κ3) is 5.22. The molecule has 8 nitrogen and oxygen atoms in total. The first kappa shape index (κ1) is 20.6. The fraction of sp³-hybridized carbons (Fsp3) is 0.429. The zero-order valence-corrected chi connectivity index (χ0v) is 16.6. The van der Waals surface area contributed by atoms with Gasteiger partial charge in [0.2, 0.25) is 0 Å². The number of hydrogen-bond acceptors (Lipinski definition) is 6. The number of rotatable bonds is 6. The predicted octanol–water partition coefficient (Wildman–Crippen LogP) is 2.33. The first-order valence-electron chi connectivity index (χ1n) is 9.74. The molecule has 1 aliphatic heterocycles. The number of likely N-dealkylation sites (tertiary alicyclic amines) is 1. The van der Waals surface area contributed by atoms with Gasteiger partial charge in [-0.25, -0.2) is 0 Å². The maximum atomic E-state index is 12.7. The second-order valence-corrected chi connectivity index (χ2v) is 7.02. The number of benzene rings is 1. The molecule has 0 spiro atoms. The molecule has 0 radical (unpaired) electrons. The van der Waals surface area contributed by atoms with Gasteiger partial charge in [0.15, 0.2) is 5.69 Å². The molecule has 0 saturated carbocycles. The van der Waals surface area contributed by atoms with Crippen LogP contribution in [-0.2, 0) is 16.1 Å². The average Bonchev–Trinajstić information content (AvgIpc) is 3.18. The number of hydrogen-bond donors (Lipinski definition) is 1. The lowest BCUT2D eigenvalue weighted by atomic mass is 9.96. The Balaban J connectivity index is 1.50. The normalized spacial score (nSPS) is 14.5. The van der Waals surface area contributed by atoms with Crippen molar-refractivity contribution in [2.75, 3.05) is 19.7 Å². The molecule has 0 bridgehead atoms. The lowest BCUT2D eigenvalue weighted by molar-refractivity contribution is -0.149. The molecule has 3 rings (SSSR count). The van der Waals surface area contributed by atoms with Crippen LogP contribution in [0.15, 0.2) is 34.9 Å². The zero-order chi connectivity index (χ0) is 20.8. The molecule has 2 amide bonds. The predicted molar refractivity (Wildman–Crippen MR) is 104 cm³/mol. The summed E-state index contributed by atoms with van der Waals surface area (Å²) in [6.45, 7) is 5.29. The van der Waals surface area contributed by atoms with Gasteiger partial charge >= 0.3 is 5.97 Å². The van der Waals surface area contributed by atoms with Crippen molar-refractivity contribution in [2.45, 2.75) is 33.2 Å². The molecular formula is C21H25N3O5. The maximum absolute atomic E-state index is 12.7. The average molecular weight is 399 g/mol. The Morgan fingerprint density at radius 3 is 2.48 bits per heavy atom. The summed E-state index contributed by atoms with van der Waals surface area (Å²) in [5.41, 5.74) is 1.69. The summed E-state index contributed by atoms with van der Waals surface area (Å²) < 4.78 is 9.95. The second kappa shape index (κ2) is 9.36. The van der Waals surface area contributed by atoms with Crippen LogP contribution in [0.3, 0.4) is 0 Å². The molecule has 0 atom stereocenters. The van der Waals surface area contributed by atoms with Crippen molar-refractivity contribution in [1.29, 1.82) is 0 Å². The van der Waals surface area contributed by atoms with Crippen LogP contribution in [0.25, 0.3) is 0 Å². The van der Waals surface area contributed by atoms with Gasteiger partial charge in [-0.05, 0) is 44.4 Å². The van der Waals surface area contributed by atoms with E-state index in [-0.39, 0.29) is 29.4 Å². The molecular weight excluding hydrogens is 374 g/mol. The summed E-state index contributed by atoms with van der Waals surface area (Å²) in [5, 5.41) is 6.44. The van der Waals surface area contributed by atoms with Gasteiger partial charge in [-0.1, -0.05) is 17.3 Å². The Hall–Kier alpha value is -3.16. The number of carbonyl (C=O) groups excluding carboxylic acids is 3. The summed E-state index contributed by atoms with van der Waals surface area (Å²) in [4.78, 5) is 38.3. The molecule has 1 fully saturated rings. The Morgan fingerprint density at radius 2 is 1.90 bits per heavy atom. The smallest absolute Gasteiger partial charge is 0.309 e. The van der Waals surface area contributed by atoms with E-state index >= 15 is 0 Å². The van der Waals surface area contributed by atoms with Crippen molar-refractivity contribution in [1.82, 2.24) is 15.4 Å². The number of piperidine rings is 1. The Labute approximate surface area is 169 Å². The number of ether oxygens (including phenoxy) is 1. The third-order valence-corrected chi connectivity index (χ3v) is 4.92. The SMILES string of the molecule is CCOC(=O)C1CCN(C(=O)c2ccc(CNC(=O)c3cc(C)on3)cc2)CC1. The lowest BCUT2D eigenvalue weighted by Crippen LogP contribution is -2.40. The topological polar surface area (TPSA) is 102 Å². The third-order valence-electron chi connectivity index (χ3n) is 4.92. The van der Waals surface area contributed by atoms with E-state index in [0.29, 0.717) is 50.4 Å². The number of amides is 2. The van der Waals surface area contributed by atoms with E-state index in [1.54, 1.807) is 36.9 Å². The van der Waals surface area contributed by atoms with Gasteiger partial charge in [0.1, 0.15) is 5.76 Å². The number of carbonyl (C=O) groups is 3. The molecule has 2 aromatic rings. The summed E-state index contributed by atoms with van der Waals surface area (Å²) in [7, 11) is 0. The molecule has 0 aliphatic carbocycles. The van der Waals surface area contributed by atoms with E-state index in [4.69, 9.17) is 9.26 Å². The van der Waals surface area contributed by atoms with Crippen molar-refractivity contribution >= 4 is 17.8 Å². The summed E-state index contributed by atoms with van der Waals surface area (Å²) in [6.07, 6.45) is 1.24.